The van der Waals surface area contributed by atoms with Gasteiger partial charge in [-0.15, -0.1) is 0 Å². The normalized spacial score (nSPS) is 19.8. The lowest BCUT2D eigenvalue weighted by atomic mass is 10.1. The summed E-state index contributed by atoms with van der Waals surface area (Å²) in [6.45, 7) is 0.254. The average molecular weight is 390 g/mol. The highest BCUT2D eigenvalue weighted by Crippen LogP contribution is 2.33. The van der Waals surface area contributed by atoms with Crippen LogP contribution in [0.3, 0.4) is 0 Å². The Kier molecular flexibility index (Phi) is 4.51. The van der Waals surface area contributed by atoms with Gasteiger partial charge in [0.25, 0.3) is 5.91 Å². The Morgan fingerprint density at radius 3 is 2.23 bits per heavy atom. The lowest BCUT2D eigenvalue weighted by Crippen LogP contribution is -2.40. The number of hydrazine groups is 1. The van der Waals surface area contributed by atoms with Crippen molar-refractivity contribution in [3.8, 4) is 0 Å². The molecule has 7 heteroatoms. The Morgan fingerprint density at radius 2 is 1.62 bits per heavy atom. The third kappa shape index (κ3) is 3.37. The van der Waals surface area contributed by atoms with Crippen molar-refractivity contribution in [2.75, 3.05) is 16.6 Å². The molecule has 1 aliphatic heterocycles. The van der Waals surface area contributed by atoms with Crippen LogP contribution in [0.4, 0.5) is 11.4 Å². The molecule has 0 aromatic heterocycles. The molecule has 2 aliphatic rings. The van der Waals surface area contributed by atoms with Gasteiger partial charge in [0.1, 0.15) is 5.92 Å². The van der Waals surface area contributed by atoms with Gasteiger partial charge in [0.2, 0.25) is 5.91 Å². The van der Waals surface area contributed by atoms with Crippen LogP contribution in [0.25, 0.3) is 0 Å². The van der Waals surface area contributed by atoms with Crippen molar-refractivity contribution < 1.29 is 9.59 Å². The standard InChI is InChI=1S/C19H17Cl2N3O2/c20-12-3-1-5-15(9-12)23-11-17(18(25)22-14-7-8-14)19(26)24(23)16-6-2-4-13(21)10-16/h1-6,9-10,14,17H,7-8,11H2,(H,22,25). The number of hydrogen-bond donors (Lipinski definition) is 1. The molecule has 2 fully saturated rings. The summed E-state index contributed by atoms with van der Waals surface area (Å²) in [5.41, 5.74) is 1.36. The van der Waals surface area contributed by atoms with Gasteiger partial charge in [-0.05, 0) is 49.2 Å². The second kappa shape index (κ2) is 6.82. The number of amides is 2. The number of anilines is 2. The van der Waals surface area contributed by atoms with Gasteiger partial charge in [0.05, 0.1) is 17.9 Å². The van der Waals surface area contributed by atoms with Gasteiger partial charge >= 0.3 is 0 Å². The number of carbonyl (C=O) groups excluding carboxylic acids is 2. The maximum atomic E-state index is 13.1. The van der Waals surface area contributed by atoms with Gasteiger partial charge in [-0.3, -0.25) is 14.6 Å². The van der Waals surface area contributed by atoms with Crippen molar-refractivity contribution >= 4 is 46.4 Å². The van der Waals surface area contributed by atoms with Crippen LogP contribution >= 0.6 is 23.2 Å². The maximum absolute atomic E-state index is 13.1. The quantitative estimate of drug-likeness (QED) is 0.811. The summed E-state index contributed by atoms with van der Waals surface area (Å²) in [7, 11) is 0. The molecule has 5 nitrogen and oxygen atoms in total. The molecule has 1 unspecified atom stereocenters. The van der Waals surface area contributed by atoms with Crippen LogP contribution in [-0.4, -0.2) is 24.4 Å². The molecule has 2 aromatic carbocycles. The zero-order chi connectivity index (χ0) is 18.3. The molecule has 0 radical (unpaired) electrons. The van der Waals surface area contributed by atoms with Gasteiger partial charge in [0.15, 0.2) is 0 Å². The number of halogens is 2. The van der Waals surface area contributed by atoms with Gasteiger partial charge in [0, 0.05) is 16.1 Å². The van der Waals surface area contributed by atoms with Crippen molar-refractivity contribution in [2.24, 2.45) is 5.92 Å². The molecule has 4 rings (SSSR count). The number of nitrogens with zero attached hydrogens (tertiary/aromatic N) is 2. The minimum atomic E-state index is -0.770. The Balaban J connectivity index is 1.70. The highest BCUT2D eigenvalue weighted by atomic mass is 35.5. The van der Waals surface area contributed by atoms with Crippen LogP contribution in [0, 0.1) is 5.92 Å². The molecule has 2 amide bonds. The van der Waals surface area contributed by atoms with Crippen LogP contribution in [0.1, 0.15) is 12.8 Å². The van der Waals surface area contributed by atoms with Gasteiger partial charge in [-0.25, -0.2) is 5.01 Å². The summed E-state index contributed by atoms with van der Waals surface area (Å²) >= 11 is 12.2. The molecule has 1 aliphatic carbocycles. The van der Waals surface area contributed by atoms with Crippen LogP contribution in [0.15, 0.2) is 48.5 Å². The van der Waals surface area contributed by atoms with Crippen molar-refractivity contribution in [2.45, 2.75) is 18.9 Å². The van der Waals surface area contributed by atoms with Crippen molar-refractivity contribution in [1.82, 2.24) is 5.32 Å². The third-order valence-corrected chi connectivity index (χ3v) is 4.97. The first kappa shape index (κ1) is 17.2. The summed E-state index contributed by atoms with van der Waals surface area (Å²) < 4.78 is 0. The van der Waals surface area contributed by atoms with Crippen molar-refractivity contribution in [3.05, 3.63) is 58.6 Å². The zero-order valence-electron chi connectivity index (χ0n) is 13.9. The molecule has 1 N–H and O–H groups in total. The molecule has 1 saturated carbocycles. The van der Waals surface area contributed by atoms with Gasteiger partial charge in [-0.2, -0.15) is 0 Å². The van der Waals surface area contributed by atoms with E-state index in [1.54, 1.807) is 41.4 Å². The molecule has 0 spiro atoms. The fourth-order valence-electron chi connectivity index (χ4n) is 3.06. The maximum Gasteiger partial charge on any atom is 0.260 e. The smallest absolute Gasteiger partial charge is 0.260 e. The first-order valence-electron chi connectivity index (χ1n) is 8.46. The number of nitrogens with one attached hydrogen (secondary N) is 1. The molecule has 1 atom stereocenters. The fourth-order valence-corrected chi connectivity index (χ4v) is 3.42. The lowest BCUT2D eigenvalue weighted by Gasteiger charge is -2.29. The van der Waals surface area contributed by atoms with E-state index in [2.05, 4.69) is 5.32 Å². The summed E-state index contributed by atoms with van der Waals surface area (Å²) in [6, 6.07) is 14.4. The summed E-state index contributed by atoms with van der Waals surface area (Å²) in [5, 5.41) is 7.29. The Labute approximate surface area is 161 Å². The minimum Gasteiger partial charge on any atom is -0.353 e. The highest BCUT2D eigenvalue weighted by molar-refractivity contribution is 6.31. The first-order valence-corrected chi connectivity index (χ1v) is 9.21. The monoisotopic (exact) mass is 389 g/mol. The molecule has 2 aromatic rings. The molecule has 1 saturated heterocycles. The van der Waals surface area contributed by atoms with Crippen LogP contribution in [-0.2, 0) is 9.59 Å². The Morgan fingerprint density at radius 1 is 1.00 bits per heavy atom. The van der Waals surface area contributed by atoms with E-state index < -0.39 is 5.92 Å². The predicted octanol–water partition coefficient (Wildman–Crippen LogP) is 3.66. The number of benzene rings is 2. The molecule has 134 valence electrons. The lowest BCUT2D eigenvalue weighted by molar-refractivity contribution is -0.131. The number of rotatable bonds is 4. The highest BCUT2D eigenvalue weighted by Gasteiger charge is 2.44. The van der Waals surface area contributed by atoms with Crippen molar-refractivity contribution in [3.63, 3.8) is 0 Å². The SMILES string of the molecule is O=C(NC1CC1)C1CN(c2cccc(Cl)c2)N(c2cccc(Cl)c2)C1=O. The van der Waals surface area contributed by atoms with Crippen LogP contribution in [0.5, 0.6) is 0 Å². The van der Waals surface area contributed by atoms with Crippen LogP contribution in [0.2, 0.25) is 10.0 Å². The first-order chi connectivity index (χ1) is 12.5. The zero-order valence-corrected chi connectivity index (χ0v) is 15.4. The Hall–Kier alpha value is -2.24. The van der Waals surface area contributed by atoms with E-state index in [1.807, 2.05) is 12.1 Å². The predicted molar refractivity (Wildman–Crippen MR) is 102 cm³/mol. The topological polar surface area (TPSA) is 52.7 Å². The third-order valence-electron chi connectivity index (χ3n) is 4.50. The summed E-state index contributed by atoms with van der Waals surface area (Å²) in [4.78, 5) is 25.6. The van der Waals surface area contributed by atoms with E-state index in [0.29, 0.717) is 15.7 Å². The number of hydrogen-bond acceptors (Lipinski definition) is 3. The Bertz CT molecular complexity index is 869. The van der Waals surface area contributed by atoms with Crippen LogP contribution < -0.4 is 15.3 Å². The molecular formula is C19H17Cl2N3O2. The largest absolute Gasteiger partial charge is 0.353 e. The van der Waals surface area contributed by atoms with E-state index in [9.17, 15) is 9.59 Å². The minimum absolute atomic E-state index is 0.204. The van der Waals surface area contributed by atoms with E-state index in [1.165, 1.54) is 5.01 Å². The summed E-state index contributed by atoms with van der Waals surface area (Å²) in [5.74, 6) is -1.27. The fraction of sp³-hybridized carbons (Fsp3) is 0.263. The molecule has 26 heavy (non-hydrogen) atoms. The van der Waals surface area contributed by atoms with E-state index in [-0.39, 0.29) is 24.4 Å². The van der Waals surface area contributed by atoms with E-state index >= 15 is 0 Å². The second-order valence-corrected chi connectivity index (χ2v) is 7.40. The molecule has 0 bridgehead atoms. The molecule has 1 heterocycles. The molecular weight excluding hydrogens is 373 g/mol. The summed E-state index contributed by atoms with van der Waals surface area (Å²) in [6.07, 6.45) is 1.95. The van der Waals surface area contributed by atoms with Crippen molar-refractivity contribution in [1.29, 1.82) is 0 Å². The second-order valence-electron chi connectivity index (χ2n) is 6.53. The van der Waals surface area contributed by atoms with Gasteiger partial charge in [-0.1, -0.05) is 35.3 Å². The van der Waals surface area contributed by atoms with Gasteiger partial charge < -0.3 is 5.32 Å². The van der Waals surface area contributed by atoms with E-state index in [4.69, 9.17) is 23.2 Å². The average Bonchev–Trinajstić information content (AvgIpc) is 3.35. The van der Waals surface area contributed by atoms with E-state index in [0.717, 1.165) is 18.5 Å². The number of carbonyl (C=O) groups is 2.